The van der Waals surface area contributed by atoms with Gasteiger partial charge in [0.15, 0.2) is 0 Å². The Labute approximate surface area is 240 Å². The van der Waals surface area contributed by atoms with E-state index in [4.69, 9.17) is 5.73 Å². The van der Waals surface area contributed by atoms with Crippen molar-refractivity contribution in [3.63, 3.8) is 0 Å². The van der Waals surface area contributed by atoms with Crippen molar-refractivity contribution in [2.45, 2.75) is 44.3 Å². The SMILES string of the molecule is CN=Cc1c(N2CCC(NC3CC3)CC2)ccc(C(=O)Nc2cc(CNc3ccccn3)c3nn(C)cc3c2)c1N. The first-order valence-electron chi connectivity index (χ1n) is 14.3. The largest absolute Gasteiger partial charge is 0.397 e. The number of amides is 1. The number of pyridine rings is 1. The molecule has 1 saturated heterocycles. The van der Waals surface area contributed by atoms with Gasteiger partial charge in [0.25, 0.3) is 5.91 Å². The average Bonchev–Trinajstić information content (AvgIpc) is 3.71. The van der Waals surface area contributed by atoms with Crippen LogP contribution in [-0.2, 0) is 13.6 Å². The lowest BCUT2D eigenvalue weighted by Gasteiger charge is -2.35. The first-order chi connectivity index (χ1) is 20.0. The number of carbonyl (C=O) groups excluding carboxylic acids is 1. The average molecular weight is 552 g/mol. The predicted molar refractivity (Wildman–Crippen MR) is 166 cm³/mol. The summed E-state index contributed by atoms with van der Waals surface area (Å²) in [6, 6.07) is 14.7. The highest BCUT2D eigenvalue weighted by Gasteiger charge is 2.28. The van der Waals surface area contributed by atoms with Crippen LogP contribution in [0, 0.1) is 0 Å². The molecule has 2 aliphatic rings. The molecule has 10 nitrogen and oxygen atoms in total. The van der Waals surface area contributed by atoms with Crippen LogP contribution in [-0.4, -0.2) is 59.1 Å². The summed E-state index contributed by atoms with van der Waals surface area (Å²) in [4.78, 5) is 24.5. The van der Waals surface area contributed by atoms with E-state index in [1.807, 2.05) is 55.7 Å². The predicted octanol–water partition coefficient (Wildman–Crippen LogP) is 4.18. The first kappa shape index (κ1) is 26.8. The molecular weight excluding hydrogens is 514 g/mol. The summed E-state index contributed by atoms with van der Waals surface area (Å²) in [6.45, 7) is 2.40. The van der Waals surface area contributed by atoms with E-state index in [-0.39, 0.29) is 5.91 Å². The van der Waals surface area contributed by atoms with Crippen molar-refractivity contribution in [3.8, 4) is 0 Å². The number of nitrogens with two attached hydrogens (primary N) is 1. The molecule has 1 aliphatic heterocycles. The van der Waals surface area contributed by atoms with Crippen LogP contribution in [0.1, 0.15) is 47.2 Å². The van der Waals surface area contributed by atoms with Gasteiger partial charge in [-0.3, -0.25) is 14.5 Å². The lowest BCUT2D eigenvalue weighted by atomic mass is 10.00. The molecule has 10 heteroatoms. The smallest absolute Gasteiger partial charge is 0.257 e. The van der Waals surface area contributed by atoms with E-state index in [0.29, 0.717) is 29.5 Å². The van der Waals surface area contributed by atoms with Gasteiger partial charge in [-0.1, -0.05) is 6.07 Å². The molecule has 6 rings (SSSR count). The Morgan fingerprint density at radius 3 is 2.66 bits per heavy atom. The number of hydrogen-bond donors (Lipinski definition) is 4. The molecule has 0 spiro atoms. The number of aliphatic imine (C=N–C) groups is 1. The second-order valence-corrected chi connectivity index (χ2v) is 10.9. The number of aromatic nitrogens is 3. The third-order valence-electron chi connectivity index (χ3n) is 7.84. The summed E-state index contributed by atoms with van der Waals surface area (Å²) in [5.41, 5.74) is 11.8. The molecule has 1 saturated carbocycles. The number of carbonyl (C=O) groups is 1. The third kappa shape index (κ3) is 6.02. The molecule has 2 aromatic heterocycles. The lowest BCUT2D eigenvalue weighted by Crippen LogP contribution is -2.43. The Morgan fingerprint density at radius 2 is 1.93 bits per heavy atom. The van der Waals surface area contributed by atoms with Gasteiger partial charge in [-0.15, -0.1) is 0 Å². The topological polar surface area (TPSA) is 125 Å². The van der Waals surface area contributed by atoms with Crippen LogP contribution in [0.5, 0.6) is 0 Å². The fourth-order valence-electron chi connectivity index (χ4n) is 5.62. The van der Waals surface area contributed by atoms with Gasteiger partial charge in [0.2, 0.25) is 0 Å². The molecule has 1 amide bonds. The number of aryl methyl sites for hydroxylation is 1. The number of nitrogens with zero attached hydrogens (tertiary/aromatic N) is 5. The Kier molecular flexibility index (Phi) is 7.56. The summed E-state index contributed by atoms with van der Waals surface area (Å²) in [7, 11) is 3.62. The molecule has 41 heavy (non-hydrogen) atoms. The summed E-state index contributed by atoms with van der Waals surface area (Å²) in [5, 5.41) is 15.7. The van der Waals surface area contributed by atoms with Crippen molar-refractivity contribution in [3.05, 3.63) is 71.5 Å². The maximum absolute atomic E-state index is 13.6. The molecule has 2 fully saturated rings. The Balaban J connectivity index is 1.22. The van der Waals surface area contributed by atoms with Crippen LogP contribution in [0.25, 0.3) is 10.9 Å². The molecule has 4 aromatic rings. The van der Waals surface area contributed by atoms with Gasteiger partial charge in [0.05, 0.1) is 16.8 Å². The Morgan fingerprint density at radius 1 is 1.12 bits per heavy atom. The van der Waals surface area contributed by atoms with Crippen LogP contribution in [0.2, 0.25) is 0 Å². The van der Waals surface area contributed by atoms with E-state index < -0.39 is 0 Å². The van der Waals surface area contributed by atoms with E-state index in [2.05, 4.69) is 35.9 Å². The molecule has 212 valence electrons. The van der Waals surface area contributed by atoms with Crippen LogP contribution >= 0.6 is 0 Å². The van der Waals surface area contributed by atoms with Crippen LogP contribution in [0.3, 0.4) is 0 Å². The highest BCUT2D eigenvalue weighted by Crippen LogP contribution is 2.32. The Bertz CT molecular complexity index is 1570. The molecule has 0 atom stereocenters. The molecular formula is C31H37N9O. The number of rotatable bonds is 9. The zero-order chi connectivity index (χ0) is 28.3. The first-order valence-corrected chi connectivity index (χ1v) is 14.3. The fourth-order valence-corrected chi connectivity index (χ4v) is 5.62. The quantitative estimate of drug-likeness (QED) is 0.182. The van der Waals surface area contributed by atoms with E-state index in [9.17, 15) is 4.79 Å². The van der Waals surface area contributed by atoms with Gasteiger partial charge in [0, 0.05) is 92.3 Å². The number of anilines is 4. The van der Waals surface area contributed by atoms with Crippen molar-refractivity contribution in [1.29, 1.82) is 0 Å². The normalized spacial score (nSPS) is 16.0. The molecule has 0 unspecified atom stereocenters. The summed E-state index contributed by atoms with van der Waals surface area (Å²) in [6.07, 6.45) is 10.2. The minimum absolute atomic E-state index is 0.265. The molecule has 3 heterocycles. The highest BCUT2D eigenvalue weighted by atomic mass is 16.1. The maximum Gasteiger partial charge on any atom is 0.257 e. The number of nitrogen functional groups attached to an aromatic ring is 1. The van der Waals surface area contributed by atoms with E-state index in [0.717, 1.165) is 65.5 Å². The summed E-state index contributed by atoms with van der Waals surface area (Å²) < 4.78 is 1.78. The zero-order valence-corrected chi connectivity index (χ0v) is 23.6. The van der Waals surface area contributed by atoms with Crippen molar-refractivity contribution >= 4 is 45.9 Å². The van der Waals surface area contributed by atoms with Crippen molar-refractivity contribution in [2.24, 2.45) is 12.0 Å². The van der Waals surface area contributed by atoms with Crippen LogP contribution in [0.4, 0.5) is 22.9 Å². The second kappa shape index (κ2) is 11.6. The highest BCUT2D eigenvalue weighted by molar-refractivity contribution is 6.12. The second-order valence-electron chi connectivity index (χ2n) is 10.9. The zero-order valence-electron chi connectivity index (χ0n) is 23.6. The summed E-state index contributed by atoms with van der Waals surface area (Å²) >= 11 is 0. The standard InChI is InChI=1S/C31H37N9O/c1-33-18-26-27(40-13-10-23(11-14-40)36-22-6-7-22)9-8-25(29(26)32)31(41)37-24-15-20(17-35-28-5-3-4-12-34-28)30-21(16-24)19-39(2)38-30/h3-5,8-9,12,15-16,18-19,22-23,36H,6-7,10-11,13-14,17,32H2,1-2H3,(H,34,35)(H,37,41). The van der Waals surface area contributed by atoms with E-state index in [1.54, 1.807) is 24.1 Å². The molecule has 2 aromatic carbocycles. The number of hydrogen-bond acceptors (Lipinski definition) is 8. The lowest BCUT2D eigenvalue weighted by molar-refractivity contribution is 0.102. The fraction of sp³-hybridized carbons (Fsp3) is 0.355. The monoisotopic (exact) mass is 551 g/mol. The van der Waals surface area contributed by atoms with Gasteiger partial charge in [-0.05, 0) is 62.1 Å². The van der Waals surface area contributed by atoms with Gasteiger partial charge in [-0.25, -0.2) is 4.98 Å². The summed E-state index contributed by atoms with van der Waals surface area (Å²) in [5.74, 6) is 0.506. The Hall–Kier alpha value is -4.44. The van der Waals surface area contributed by atoms with E-state index in [1.165, 1.54) is 12.8 Å². The van der Waals surface area contributed by atoms with Gasteiger partial charge in [-0.2, -0.15) is 5.10 Å². The molecule has 1 aliphatic carbocycles. The number of nitrogens with one attached hydrogen (secondary N) is 3. The third-order valence-corrected chi connectivity index (χ3v) is 7.84. The van der Waals surface area contributed by atoms with Gasteiger partial charge in [0.1, 0.15) is 5.82 Å². The van der Waals surface area contributed by atoms with Crippen LogP contribution in [0.15, 0.2) is 59.9 Å². The number of benzene rings is 2. The maximum atomic E-state index is 13.6. The minimum Gasteiger partial charge on any atom is -0.397 e. The number of piperidine rings is 1. The van der Waals surface area contributed by atoms with Crippen molar-refractivity contribution < 1.29 is 4.79 Å². The van der Waals surface area contributed by atoms with Gasteiger partial charge < -0.3 is 26.6 Å². The molecule has 0 bridgehead atoms. The van der Waals surface area contributed by atoms with E-state index >= 15 is 0 Å². The minimum atomic E-state index is -0.265. The molecule has 5 N–H and O–H groups in total. The van der Waals surface area contributed by atoms with Crippen molar-refractivity contribution in [2.75, 3.05) is 41.4 Å². The van der Waals surface area contributed by atoms with Gasteiger partial charge >= 0.3 is 0 Å². The van der Waals surface area contributed by atoms with Crippen molar-refractivity contribution in [1.82, 2.24) is 20.1 Å². The molecule has 0 radical (unpaired) electrons. The number of fused-ring (bicyclic) bond motifs is 1. The van der Waals surface area contributed by atoms with Crippen LogP contribution < -0.4 is 26.6 Å².